The topological polar surface area (TPSA) is 67.2 Å². The molecular weight excluding hydrogens is 340 g/mol. The van der Waals surface area contributed by atoms with Crippen molar-refractivity contribution < 1.29 is 4.79 Å². The van der Waals surface area contributed by atoms with Crippen LogP contribution >= 0.6 is 0 Å². The first-order chi connectivity index (χ1) is 13.1. The van der Waals surface area contributed by atoms with E-state index in [9.17, 15) is 9.59 Å². The van der Waals surface area contributed by atoms with Crippen molar-refractivity contribution in [3.8, 4) is 0 Å². The van der Waals surface area contributed by atoms with Crippen molar-refractivity contribution in [2.45, 2.75) is 58.3 Å². The summed E-state index contributed by atoms with van der Waals surface area (Å²) in [4.78, 5) is 26.5. The maximum Gasteiger partial charge on any atom is 0.268 e. The molecule has 27 heavy (non-hydrogen) atoms. The summed E-state index contributed by atoms with van der Waals surface area (Å²) in [5.74, 6) is 1.74. The Morgan fingerprint density at radius 3 is 2.70 bits per heavy atom. The van der Waals surface area contributed by atoms with Gasteiger partial charge < -0.3 is 10.2 Å². The number of nitrogens with zero attached hydrogens (tertiary/aromatic N) is 3. The zero-order valence-electron chi connectivity index (χ0n) is 16.8. The number of unbranched alkanes of at least 4 members (excludes halogenated alkanes) is 1. The van der Waals surface area contributed by atoms with Gasteiger partial charge in [-0.15, -0.1) is 0 Å². The lowest BCUT2D eigenvalue weighted by molar-refractivity contribution is -0.126. The number of hydrogen-bond acceptors (Lipinski definition) is 4. The van der Waals surface area contributed by atoms with E-state index < -0.39 is 0 Å². The highest BCUT2D eigenvalue weighted by Gasteiger charge is 2.28. The normalized spacial score (nSPS) is 25.6. The molecule has 0 spiro atoms. The van der Waals surface area contributed by atoms with Crippen molar-refractivity contribution in [2.75, 3.05) is 24.5 Å². The summed E-state index contributed by atoms with van der Waals surface area (Å²) in [7, 11) is 1.66. The Bertz CT molecular complexity index is 679. The van der Waals surface area contributed by atoms with Crippen molar-refractivity contribution >= 4 is 11.6 Å². The fourth-order valence-electron chi connectivity index (χ4n) is 4.46. The van der Waals surface area contributed by atoms with Crippen LogP contribution in [-0.2, 0) is 11.8 Å². The van der Waals surface area contributed by atoms with Crippen LogP contribution in [-0.4, -0.2) is 35.3 Å². The van der Waals surface area contributed by atoms with E-state index in [2.05, 4.69) is 22.2 Å². The molecule has 0 radical (unpaired) electrons. The van der Waals surface area contributed by atoms with Gasteiger partial charge >= 0.3 is 0 Å². The molecule has 1 atom stereocenters. The molecule has 3 rings (SSSR count). The monoisotopic (exact) mass is 374 g/mol. The summed E-state index contributed by atoms with van der Waals surface area (Å²) >= 11 is 0. The first kappa shape index (κ1) is 19.9. The van der Waals surface area contributed by atoms with Crippen molar-refractivity contribution in [3.63, 3.8) is 0 Å². The van der Waals surface area contributed by atoms with Gasteiger partial charge in [-0.3, -0.25) is 9.59 Å². The van der Waals surface area contributed by atoms with E-state index in [1.165, 1.54) is 36.8 Å². The highest BCUT2D eigenvalue weighted by atomic mass is 16.2. The van der Waals surface area contributed by atoms with E-state index in [0.717, 1.165) is 50.5 Å². The average molecular weight is 375 g/mol. The van der Waals surface area contributed by atoms with Crippen molar-refractivity contribution in [1.82, 2.24) is 15.1 Å². The second-order valence-corrected chi connectivity index (χ2v) is 8.38. The third kappa shape index (κ3) is 5.33. The van der Waals surface area contributed by atoms with E-state index in [4.69, 9.17) is 0 Å². The number of carbonyl (C=O) groups is 1. The van der Waals surface area contributed by atoms with Crippen LogP contribution in [0.3, 0.4) is 0 Å². The zero-order chi connectivity index (χ0) is 19.2. The first-order valence-electron chi connectivity index (χ1n) is 10.6. The van der Waals surface area contributed by atoms with Gasteiger partial charge in [-0.1, -0.05) is 26.2 Å². The fraction of sp³-hybridized carbons (Fsp3) is 0.762. The van der Waals surface area contributed by atoms with Gasteiger partial charge in [0.1, 0.15) is 0 Å². The van der Waals surface area contributed by atoms with Gasteiger partial charge in [-0.05, 0) is 43.9 Å². The Morgan fingerprint density at radius 2 is 2.00 bits per heavy atom. The third-order valence-corrected chi connectivity index (χ3v) is 6.35. The Morgan fingerprint density at radius 1 is 1.22 bits per heavy atom. The molecule has 0 bridgehead atoms. The molecule has 2 fully saturated rings. The number of aryl methyl sites for hydroxylation is 1. The molecule has 6 nitrogen and oxygen atoms in total. The average Bonchev–Trinajstić information content (AvgIpc) is 3.16. The summed E-state index contributed by atoms with van der Waals surface area (Å²) in [6, 6.07) is 1.64. The van der Waals surface area contributed by atoms with Crippen LogP contribution in [0.1, 0.15) is 58.3 Å². The molecule has 1 aliphatic carbocycles. The Kier molecular flexibility index (Phi) is 6.91. The highest BCUT2D eigenvalue weighted by Crippen LogP contribution is 2.32. The molecule has 1 saturated heterocycles. The van der Waals surface area contributed by atoms with Gasteiger partial charge in [-0.2, -0.15) is 5.10 Å². The number of anilines is 1. The highest BCUT2D eigenvalue weighted by molar-refractivity contribution is 5.78. The molecule has 1 N–H and O–H groups in total. The number of hydrogen-bond donors (Lipinski definition) is 1. The van der Waals surface area contributed by atoms with Gasteiger partial charge in [0.05, 0.1) is 11.9 Å². The van der Waals surface area contributed by atoms with Gasteiger partial charge in [0.25, 0.3) is 5.56 Å². The lowest BCUT2D eigenvalue weighted by Gasteiger charge is -2.28. The van der Waals surface area contributed by atoms with E-state index in [-0.39, 0.29) is 17.4 Å². The number of nitrogens with one attached hydrogen (secondary N) is 1. The quantitative estimate of drug-likeness (QED) is 0.797. The molecule has 6 heteroatoms. The summed E-state index contributed by atoms with van der Waals surface area (Å²) in [5.41, 5.74) is 0.802. The second kappa shape index (κ2) is 9.38. The van der Waals surface area contributed by atoms with Gasteiger partial charge in [0.2, 0.25) is 5.91 Å². The van der Waals surface area contributed by atoms with Crippen molar-refractivity contribution in [1.29, 1.82) is 0 Å². The first-order valence-corrected chi connectivity index (χ1v) is 10.6. The predicted molar refractivity (Wildman–Crippen MR) is 108 cm³/mol. The molecule has 1 unspecified atom stereocenters. The van der Waals surface area contributed by atoms with Crippen molar-refractivity contribution in [2.24, 2.45) is 24.8 Å². The van der Waals surface area contributed by atoms with E-state index >= 15 is 0 Å². The minimum atomic E-state index is -0.0845. The summed E-state index contributed by atoms with van der Waals surface area (Å²) < 4.78 is 1.34. The van der Waals surface area contributed by atoms with Crippen LogP contribution in [0.15, 0.2) is 17.1 Å². The second-order valence-electron chi connectivity index (χ2n) is 8.38. The molecular formula is C21H34N4O2. The van der Waals surface area contributed by atoms with Gasteiger partial charge in [-0.25, -0.2) is 4.68 Å². The summed E-state index contributed by atoms with van der Waals surface area (Å²) in [5, 5.41) is 7.30. The maximum atomic E-state index is 12.5. The summed E-state index contributed by atoms with van der Waals surface area (Å²) in [6.07, 6.45) is 11.2. The largest absolute Gasteiger partial charge is 0.370 e. The van der Waals surface area contributed by atoms with Crippen LogP contribution in [0.2, 0.25) is 0 Å². The standard InChI is InChI=1S/C21H34N4O2/c1-3-4-5-16-6-8-18(9-7-16)21(27)22-13-17-10-11-25(15-17)19-12-20(26)24(2)23-14-19/h12,14,16-18H,3-11,13,15H2,1-2H3,(H,22,27). The predicted octanol–water partition coefficient (Wildman–Crippen LogP) is 2.72. The number of amides is 1. The molecule has 1 saturated carbocycles. The van der Waals surface area contributed by atoms with Gasteiger partial charge in [0, 0.05) is 38.7 Å². The molecule has 0 aromatic carbocycles. The molecule has 2 heterocycles. The van der Waals surface area contributed by atoms with Crippen LogP contribution in [0, 0.1) is 17.8 Å². The third-order valence-electron chi connectivity index (χ3n) is 6.35. The Balaban J connectivity index is 1.40. The molecule has 150 valence electrons. The number of rotatable bonds is 7. The van der Waals surface area contributed by atoms with E-state index in [1.54, 1.807) is 19.3 Å². The minimum Gasteiger partial charge on any atom is -0.370 e. The molecule has 1 aliphatic heterocycles. The number of aromatic nitrogens is 2. The van der Waals surface area contributed by atoms with Crippen LogP contribution in [0.5, 0.6) is 0 Å². The smallest absolute Gasteiger partial charge is 0.268 e. The molecule has 1 amide bonds. The molecule has 2 aliphatic rings. The summed E-state index contributed by atoms with van der Waals surface area (Å²) in [6.45, 7) is 4.78. The lowest BCUT2D eigenvalue weighted by Crippen LogP contribution is -2.37. The fourth-order valence-corrected chi connectivity index (χ4v) is 4.46. The maximum absolute atomic E-state index is 12.5. The zero-order valence-corrected chi connectivity index (χ0v) is 16.8. The molecule has 1 aromatic heterocycles. The van der Waals surface area contributed by atoms with Crippen LogP contribution in [0.25, 0.3) is 0 Å². The number of carbonyl (C=O) groups excluding carboxylic acids is 1. The van der Waals surface area contributed by atoms with Gasteiger partial charge in [0.15, 0.2) is 0 Å². The van der Waals surface area contributed by atoms with Crippen molar-refractivity contribution in [3.05, 3.63) is 22.6 Å². The lowest BCUT2D eigenvalue weighted by atomic mass is 9.79. The van der Waals surface area contributed by atoms with Crippen LogP contribution in [0.4, 0.5) is 5.69 Å². The van der Waals surface area contributed by atoms with E-state index in [1.807, 2.05) is 0 Å². The van der Waals surface area contributed by atoms with E-state index in [0.29, 0.717) is 5.92 Å². The Hall–Kier alpha value is -1.85. The van der Waals surface area contributed by atoms with Crippen LogP contribution < -0.4 is 15.8 Å². The SMILES string of the molecule is CCCCC1CCC(C(=O)NCC2CCN(c3cnn(C)c(=O)c3)C2)CC1. The Labute approximate surface area is 162 Å². The minimum absolute atomic E-state index is 0.0845. The molecule has 1 aromatic rings.